The number of nitrogens with zero attached hydrogens (tertiary/aromatic N) is 2. The second-order valence-electron chi connectivity index (χ2n) is 6.25. The monoisotopic (exact) mass is 309 g/mol. The van der Waals surface area contributed by atoms with Gasteiger partial charge in [-0.2, -0.15) is 5.10 Å². The highest BCUT2D eigenvalue weighted by molar-refractivity contribution is 5.77. The number of aromatic nitrogens is 2. The molecule has 0 saturated heterocycles. The standard InChI is InChI=1S/C16H27N3O3/c1-12-14(13(2)19(18-12)8-9-22-3)11-17-15(20)10-16(21)6-4-5-7-16/h21H,4-11H2,1-3H3,(H,17,20). The third-order valence-electron chi connectivity index (χ3n) is 4.52. The molecular weight excluding hydrogens is 282 g/mol. The molecule has 0 aliphatic heterocycles. The second kappa shape index (κ2) is 7.24. The van der Waals surface area contributed by atoms with Gasteiger partial charge < -0.3 is 15.2 Å². The van der Waals surface area contributed by atoms with E-state index >= 15 is 0 Å². The molecule has 1 aliphatic rings. The zero-order valence-electron chi connectivity index (χ0n) is 13.8. The van der Waals surface area contributed by atoms with Gasteiger partial charge in [0.1, 0.15) is 0 Å². The van der Waals surface area contributed by atoms with Crippen molar-refractivity contribution in [2.24, 2.45) is 0 Å². The number of carbonyl (C=O) groups is 1. The third-order valence-corrected chi connectivity index (χ3v) is 4.52. The average Bonchev–Trinajstić information content (AvgIpc) is 2.99. The van der Waals surface area contributed by atoms with Crippen LogP contribution in [0.3, 0.4) is 0 Å². The molecule has 0 spiro atoms. The van der Waals surface area contributed by atoms with Crippen molar-refractivity contribution in [2.75, 3.05) is 13.7 Å². The van der Waals surface area contributed by atoms with Crippen molar-refractivity contribution in [3.05, 3.63) is 17.0 Å². The van der Waals surface area contributed by atoms with Crippen LogP contribution >= 0.6 is 0 Å². The van der Waals surface area contributed by atoms with Crippen LogP contribution in [0.5, 0.6) is 0 Å². The summed E-state index contributed by atoms with van der Waals surface area (Å²) >= 11 is 0. The predicted octanol–water partition coefficient (Wildman–Crippen LogP) is 1.46. The summed E-state index contributed by atoms with van der Waals surface area (Å²) in [6.45, 7) is 5.72. The largest absolute Gasteiger partial charge is 0.389 e. The summed E-state index contributed by atoms with van der Waals surface area (Å²) in [5.41, 5.74) is 2.22. The molecule has 1 amide bonds. The summed E-state index contributed by atoms with van der Waals surface area (Å²) in [6.07, 6.45) is 3.67. The van der Waals surface area contributed by atoms with Gasteiger partial charge in [-0.3, -0.25) is 9.48 Å². The van der Waals surface area contributed by atoms with Gasteiger partial charge in [-0.15, -0.1) is 0 Å². The first-order chi connectivity index (χ1) is 10.4. The number of amides is 1. The molecule has 2 rings (SSSR count). The Kier molecular flexibility index (Phi) is 5.58. The maximum absolute atomic E-state index is 12.1. The summed E-state index contributed by atoms with van der Waals surface area (Å²) in [7, 11) is 1.67. The van der Waals surface area contributed by atoms with Crippen molar-refractivity contribution >= 4 is 5.91 Å². The molecule has 0 unspecified atom stereocenters. The number of carbonyl (C=O) groups excluding carboxylic acids is 1. The van der Waals surface area contributed by atoms with Gasteiger partial charge in [0, 0.05) is 24.9 Å². The first kappa shape index (κ1) is 17.0. The molecule has 1 aromatic rings. The Morgan fingerprint density at radius 1 is 1.41 bits per heavy atom. The number of rotatable bonds is 7. The van der Waals surface area contributed by atoms with Crippen LogP contribution in [0.1, 0.15) is 49.1 Å². The highest BCUT2D eigenvalue weighted by atomic mass is 16.5. The Balaban J connectivity index is 1.90. The van der Waals surface area contributed by atoms with Crippen LogP contribution in [0.2, 0.25) is 0 Å². The molecule has 2 N–H and O–H groups in total. The fourth-order valence-electron chi connectivity index (χ4n) is 3.14. The molecule has 1 heterocycles. The van der Waals surface area contributed by atoms with Gasteiger partial charge in [-0.1, -0.05) is 12.8 Å². The van der Waals surface area contributed by atoms with Gasteiger partial charge in [0.2, 0.25) is 5.91 Å². The van der Waals surface area contributed by atoms with Crippen LogP contribution in [0, 0.1) is 13.8 Å². The topological polar surface area (TPSA) is 76.4 Å². The second-order valence-corrected chi connectivity index (χ2v) is 6.25. The first-order valence-electron chi connectivity index (χ1n) is 7.96. The van der Waals surface area contributed by atoms with Gasteiger partial charge in [0.15, 0.2) is 0 Å². The molecule has 124 valence electrons. The Morgan fingerprint density at radius 3 is 2.73 bits per heavy atom. The van der Waals surface area contributed by atoms with E-state index in [0.717, 1.165) is 42.6 Å². The average molecular weight is 309 g/mol. The molecule has 1 fully saturated rings. The van der Waals surface area contributed by atoms with Crippen molar-refractivity contribution in [1.29, 1.82) is 0 Å². The third kappa shape index (κ3) is 4.08. The first-order valence-corrected chi connectivity index (χ1v) is 7.96. The molecule has 6 heteroatoms. The van der Waals surface area contributed by atoms with E-state index < -0.39 is 5.60 Å². The van der Waals surface area contributed by atoms with Crippen LogP contribution < -0.4 is 5.32 Å². The highest BCUT2D eigenvalue weighted by Crippen LogP contribution is 2.32. The normalized spacial score (nSPS) is 16.9. The number of hydrogen-bond acceptors (Lipinski definition) is 4. The van der Waals surface area contributed by atoms with Gasteiger partial charge >= 0.3 is 0 Å². The molecule has 6 nitrogen and oxygen atoms in total. The number of aryl methyl sites for hydroxylation is 1. The van der Waals surface area contributed by atoms with Crippen molar-refractivity contribution in [3.8, 4) is 0 Å². The zero-order chi connectivity index (χ0) is 16.2. The van der Waals surface area contributed by atoms with Crippen LogP contribution in [-0.4, -0.2) is 40.1 Å². The zero-order valence-corrected chi connectivity index (χ0v) is 13.8. The van der Waals surface area contributed by atoms with E-state index in [9.17, 15) is 9.90 Å². The van der Waals surface area contributed by atoms with Crippen LogP contribution in [0.25, 0.3) is 0 Å². The van der Waals surface area contributed by atoms with E-state index in [0.29, 0.717) is 19.7 Å². The lowest BCUT2D eigenvalue weighted by molar-refractivity contribution is -0.126. The molecule has 1 saturated carbocycles. The molecule has 0 radical (unpaired) electrons. The lowest BCUT2D eigenvalue weighted by Crippen LogP contribution is -2.34. The Hall–Kier alpha value is -1.40. The summed E-state index contributed by atoms with van der Waals surface area (Å²) in [4.78, 5) is 12.1. The van der Waals surface area contributed by atoms with Crippen molar-refractivity contribution < 1.29 is 14.6 Å². The quantitative estimate of drug-likeness (QED) is 0.799. The minimum absolute atomic E-state index is 0.0900. The number of nitrogens with one attached hydrogen (secondary N) is 1. The molecule has 0 bridgehead atoms. The van der Waals surface area contributed by atoms with E-state index in [1.165, 1.54) is 0 Å². The molecule has 0 atom stereocenters. The van der Waals surface area contributed by atoms with Crippen molar-refractivity contribution in [2.45, 2.75) is 64.6 Å². The van der Waals surface area contributed by atoms with E-state index in [-0.39, 0.29) is 12.3 Å². The summed E-state index contributed by atoms with van der Waals surface area (Å²) < 4.78 is 6.98. The molecule has 1 aliphatic carbocycles. The van der Waals surface area contributed by atoms with Gasteiger partial charge in [-0.05, 0) is 26.7 Å². The minimum atomic E-state index is -0.795. The van der Waals surface area contributed by atoms with E-state index in [4.69, 9.17) is 4.74 Å². The number of hydrogen-bond donors (Lipinski definition) is 2. The van der Waals surface area contributed by atoms with E-state index in [1.54, 1.807) is 7.11 Å². The Morgan fingerprint density at radius 2 is 2.09 bits per heavy atom. The van der Waals surface area contributed by atoms with Crippen LogP contribution in [-0.2, 0) is 22.6 Å². The summed E-state index contributed by atoms with van der Waals surface area (Å²) in [5, 5.41) is 17.7. The molecular formula is C16H27N3O3. The SMILES string of the molecule is COCCn1nc(C)c(CNC(=O)CC2(O)CCCC2)c1C. The number of ether oxygens (including phenoxy) is 1. The van der Waals surface area contributed by atoms with E-state index in [2.05, 4.69) is 10.4 Å². The van der Waals surface area contributed by atoms with Gasteiger partial charge in [0.25, 0.3) is 0 Å². The maximum Gasteiger partial charge on any atom is 0.223 e. The van der Waals surface area contributed by atoms with Gasteiger partial charge in [-0.25, -0.2) is 0 Å². The lowest BCUT2D eigenvalue weighted by Gasteiger charge is -2.21. The Labute approximate surface area is 131 Å². The molecule has 22 heavy (non-hydrogen) atoms. The lowest BCUT2D eigenvalue weighted by atomic mass is 9.97. The molecule has 0 aromatic carbocycles. The number of aliphatic hydroxyl groups is 1. The Bertz CT molecular complexity index is 519. The highest BCUT2D eigenvalue weighted by Gasteiger charge is 2.33. The fraction of sp³-hybridized carbons (Fsp3) is 0.750. The minimum Gasteiger partial charge on any atom is -0.389 e. The van der Waals surface area contributed by atoms with Crippen molar-refractivity contribution in [1.82, 2.24) is 15.1 Å². The number of methoxy groups -OCH3 is 1. The maximum atomic E-state index is 12.1. The van der Waals surface area contributed by atoms with Crippen molar-refractivity contribution in [3.63, 3.8) is 0 Å². The fourth-order valence-corrected chi connectivity index (χ4v) is 3.14. The predicted molar refractivity (Wildman–Crippen MR) is 83.5 cm³/mol. The van der Waals surface area contributed by atoms with Gasteiger partial charge in [0.05, 0.1) is 30.9 Å². The van der Waals surface area contributed by atoms with E-state index in [1.807, 2.05) is 18.5 Å². The molecule has 1 aromatic heterocycles. The van der Waals surface area contributed by atoms with Crippen LogP contribution in [0.15, 0.2) is 0 Å². The summed E-state index contributed by atoms with van der Waals surface area (Å²) in [6, 6.07) is 0. The van der Waals surface area contributed by atoms with Crippen LogP contribution in [0.4, 0.5) is 0 Å². The summed E-state index contributed by atoms with van der Waals surface area (Å²) in [5.74, 6) is -0.0900. The smallest absolute Gasteiger partial charge is 0.223 e.